The van der Waals surface area contributed by atoms with Gasteiger partial charge in [0, 0.05) is 12.0 Å². The van der Waals surface area contributed by atoms with E-state index >= 15 is 0 Å². The summed E-state index contributed by atoms with van der Waals surface area (Å²) in [6, 6.07) is 9.30. The standard InChI is InChI=1S/C19H28O5Si/c1-6-23-17(20)13-12-15(2)19(22,25(3,4)5)18(21)24-14-16-10-8-7-9-11-16/h7-13,15,22H,6,14H2,1-5H3/b13-12+/t15-,19-/m1/s1. The van der Waals surface area contributed by atoms with Crippen LogP contribution in [0.2, 0.25) is 19.6 Å². The molecule has 0 heterocycles. The highest BCUT2D eigenvalue weighted by Crippen LogP contribution is 2.31. The highest BCUT2D eigenvalue weighted by atomic mass is 28.3. The first-order valence-electron chi connectivity index (χ1n) is 8.41. The average Bonchev–Trinajstić information content (AvgIpc) is 2.56. The zero-order valence-electron chi connectivity index (χ0n) is 15.6. The minimum Gasteiger partial charge on any atom is -0.463 e. The zero-order valence-corrected chi connectivity index (χ0v) is 16.6. The molecule has 1 rings (SSSR count). The third kappa shape index (κ3) is 5.54. The van der Waals surface area contributed by atoms with E-state index in [2.05, 4.69) is 0 Å². The minimum absolute atomic E-state index is 0.0980. The second kappa shape index (κ2) is 8.96. The van der Waals surface area contributed by atoms with Crippen LogP contribution in [0.15, 0.2) is 42.5 Å². The molecule has 0 spiro atoms. The average molecular weight is 365 g/mol. The second-order valence-electron chi connectivity index (χ2n) is 6.98. The number of esters is 2. The lowest BCUT2D eigenvalue weighted by atomic mass is 10.0. The van der Waals surface area contributed by atoms with Gasteiger partial charge in [-0.2, -0.15) is 0 Å². The second-order valence-corrected chi connectivity index (χ2v) is 12.2. The Morgan fingerprint density at radius 2 is 1.80 bits per heavy atom. The van der Waals surface area contributed by atoms with Crippen molar-refractivity contribution in [3.8, 4) is 0 Å². The van der Waals surface area contributed by atoms with E-state index in [1.807, 2.05) is 50.0 Å². The van der Waals surface area contributed by atoms with Crippen LogP contribution < -0.4 is 0 Å². The van der Waals surface area contributed by atoms with Crippen molar-refractivity contribution in [2.24, 2.45) is 5.92 Å². The molecule has 0 saturated carbocycles. The fourth-order valence-electron chi connectivity index (χ4n) is 2.56. The Bertz CT molecular complexity index is 606. The first-order valence-corrected chi connectivity index (χ1v) is 11.9. The van der Waals surface area contributed by atoms with E-state index in [4.69, 9.17) is 9.47 Å². The third-order valence-corrected chi connectivity index (χ3v) is 7.08. The highest BCUT2D eigenvalue weighted by molar-refractivity contribution is 6.82. The molecule has 0 fully saturated rings. The summed E-state index contributed by atoms with van der Waals surface area (Å²) in [6.07, 6.45) is 2.77. The Kier molecular flexibility index (Phi) is 7.57. The van der Waals surface area contributed by atoms with Crippen LogP contribution in [0.4, 0.5) is 0 Å². The molecule has 0 radical (unpaired) electrons. The Labute approximate surface area is 150 Å². The number of aliphatic hydroxyl groups is 1. The molecule has 2 atom stereocenters. The van der Waals surface area contributed by atoms with Crippen molar-refractivity contribution in [3.05, 3.63) is 48.0 Å². The van der Waals surface area contributed by atoms with Crippen LogP contribution in [0.3, 0.4) is 0 Å². The fraction of sp³-hybridized carbons (Fsp3) is 0.474. The summed E-state index contributed by atoms with van der Waals surface area (Å²) >= 11 is 0. The summed E-state index contributed by atoms with van der Waals surface area (Å²) in [7, 11) is -2.39. The number of carbonyl (C=O) groups is 2. The summed E-state index contributed by atoms with van der Waals surface area (Å²) in [5.41, 5.74) is 0.850. The summed E-state index contributed by atoms with van der Waals surface area (Å²) in [6.45, 7) is 9.48. The molecule has 0 bridgehead atoms. The van der Waals surface area contributed by atoms with Gasteiger partial charge in [0.2, 0.25) is 0 Å². The van der Waals surface area contributed by atoms with Gasteiger partial charge in [0.15, 0.2) is 5.22 Å². The van der Waals surface area contributed by atoms with E-state index in [1.54, 1.807) is 13.8 Å². The van der Waals surface area contributed by atoms with Crippen molar-refractivity contribution < 1.29 is 24.2 Å². The van der Waals surface area contributed by atoms with Crippen molar-refractivity contribution in [1.82, 2.24) is 0 Å². The molecule has 25 heavy (non-hydrogen) atoms. The van der Waals surface area contributed by atoms with E-state index in [1.165, 1.54) is 12.2 Å². The van der Waals surface area contributed by atoms with Gasteiger partial charge >= 0.3 is 11.9 Å². The van der Waals surface area contributed by atoms with E-state index in [0.29, 0.717) is 0 Å². The molecular weight excluding hydrogens is 336 g/mol. The Balaban J connectivity index is 2.93. The third-order valence-electron chi connectivity index (χ3n) is 4.13. The number of hydrogen-bond acceptors (Lipinski definition) is 5. The number of hydrogen-bond donors (Lipinski definition) is 1. The Hall–Kier alpha value is -1.92. The normalized spacial score (nSPS) is 15.4. The zero-order chi connectivity index (χ0) is 19.1. The lowest BCUT2D eigenvalue weighted by molar-refractivity contribution is -0.162. The largest absolute Gasteiger partial charge is 0.463 e. The lowest BCUT2D eigenvalue weighted by Gasteiger charge is -2.40. The molecule has 0 unspecified atom stereocenters. The van der Waals surface area contributed by atoms with Crippen molar-refractivity contribution in [1.29, 1.82) is 0 Å². The molecule has 0 saturated heterocycles. The fourth-order valence-corrected chi connectivity index (χ4v) is 4.71. The highest BCUT2D eigenvalue weighted by Gasteiger charge is 2.52. The quantitative estimate of drug-likeness (QED) is 0.436. The van der Waals surface area contributed by atoms with Gasteiger partial charge in [0.25, 0.3) is 0 Å². The molecule has 1 aromatic carbocycles. The van der Waals surface area contributed by atoms with Crippen LogP contribution in [0.5, 0.6) is 0 Å². The van der Waals surface area contributed by atoms with Crippen LogP contribution in [0.1, 0.15) is 19.4 Å². The molecule has 0 aliphatic carbocycles. The molecule has 0 aliphatic rings. The summed E-state index contributed by atoms with van der Waals surface area (Å²) in [5.74, 6) is -1.73. The van der Waals surface area contributed by atoms with Crippen LogP contribution in [-0.4, -0.2) is 37.0 Å². The molecule has 0 aromatic heterocycles. The van der Waals surface area contributed by atoms with Crippen molar-refractivity contribution >= 4 is 20.0 Å². The van der Waals surface area contributed by atoms with Gasteiger partial charge in [0.05, 0.1) is 14.7 Å². The van der Waals surface area contributed by atoms with Crippen LogP contribution in [0.25, 0.3) is 0 Å². The van der Waals surface area contributed by atoms with E-state index in [-0.39, 0.29) is 13.2 Å². The van der Waals surface area contributed by atoms with Gasteiger partial charge in [0.1, 0.15) is 6.61 Å². The van der Waals surface area contributed by atoms with Crippen LogP contribution in [-0.2, 0) is 25.7 Å². The molecule has 138 valence electrons. The minimum atomic E-state index is -2.39. The molecule has 5 nitrogen and oxygen atoms in total. The van der Waals surface area contributed by atoms with Crippen LogP contribution >= 0.6 is 0 Å². The molecule has 6 heteroatoms. The first-order chi connectivity index (χ1) is 11.6. The summed E-state index contributed by atoms with van der Waals surface area (Å²) < 4.78 is 10.2. The molecule has 1 aromatic rings. The molecular formula is C19H28O5Si. The van der Waals surface area contributed by atoms with E-state index in [9.17, 15) is 14.7 Å². The predicted octanol–water partition coefficient (Wildman–Crippen LogP) is 3.09. The maximum absolute atomic E-state index is 12.7. The maximum atomic E-state index is 12.7. The van der Waals surface area contributed by atoms with Crippen molar-refractivity contribution in [2.75, 3.05) is 6.61 Å². The molecule has 0 amide bonds. The van der Waals surface area contributed by atoms with Gasteiger partial charge in [-0.25, -0.2) is 9.59 Å². The SMILES string of the molecule is CCOC(=O)/C=C/[C@@H](C)[C@](O)(C(=O)OCc1ccccc1)[Si](C)(C)C. The van der Waals surface area contributed by atoms with E-state index < -0.39 is 31.2 Å². The predicted molar refractivity (Wildman–Crippen MR) is 99.5 cm³/mol. The first kappa shape index (κ1) is 21.1. The number of carbonyl (C=O) groups excluding carboxylic acids is 2. The van der Waals surface area contributed by atoms with Gasteiger partial charge < -0.3 is 14.6 Å². The maximum Gasteiger partial charge on any atom is 0.335 e. The van der Waals surface area contributed by atoms with Gasteiger partial charge in [-0.05, 0) is 12.5 Å². The van der Waals surface area contributed by atoms with Crippen molar-refractivity contribution in [2.45, 2.75) is 45.3 Å². The number of ether oxygens (including phenoxy) is 2. The van der Waals surface area contributed by atoms with Gasteiger partial charge in [-0.1, -0.05) is 63.0 Å². The lowest BCUT2D eigenvalue weighted by Crippen LogP contribution is -2.62. The Morgan fingerprint density at radius 3 is 2.32 bits per heavy atom. The van der Waals surface area contributed by atoms with E-state index in [0.717, 1.165) is 5.56 Å². The molecule has 1 N–H and O–H groups in total. The van der Waals surface area contributed by atoms with Crippen LogP contribution in [0, 0.1) is 5.92 Å². The monoisotopic (exact) mass is 364 g/mol. The topological polar surface area (TPSA) is 72.8 Å². The van der Waals surface area contributed by atoms with Gasteiger partial charge in [-0.15, -0.1) is 0 Å². The summed E-state index contributed by atoms with van der Waals surface area (Å²) in [5, 5.41) is 9.54. The number of benzene rings is 1. The smallest absolute Gasteiger partial charge is 0.335 e. The summed E-state index contributed by atoms with van der Waals surface area (Å²) in [4.78, 5) is 24.2. The Morgan fingerprint density at radius 1 is 1.20 bits per heavy atom. The molecule has 0 aliphatic heterocycles. The van der Waals surface area contributed by atoms with Crippen molar-refractivity contribution in [3.63, 3.8) is 0 Å². The number of rotatable bonds is 8. The van der Waals surface area contributed by atoms with Gasteiger partial charge in [-0.3, -0.25) is 0 Å².